The number of hydrogen-bond acceptors (Lipinski definition) is 2. The maximum atomic E-state index is 12.9. The Balaban J connectivity index is 1.95. The van der Waals surface area contributed by atoms with Crippen LogP contribution >= 0.6 is 0 Å². The Morgan fingerprint density at radius 2 is 1.96 bits per heavy atom. The molecule has 1 atom stereocenters. The highest BCUT2D eigenvalue weighted by atomic mass is 19.1. The second-order valence-electron chi connectivity index (χ2n) is 6.93. The molecule has 4 nitrogen and oxygen atoms in total. The van der Waals surface area contributed by atoms with Gasteiger partial charge in [-0.05, 0) is 50.3 Å². The summed E-state index contributed by atoms with van der Waals surface area (Å²) in [5, 5.41) is 2.78. The fraction of sp³-hybridized carbons (Fsp3) is 0.556. The molecule has 0 aliphatic carbocycles. The summed E-state index contributed by atoms with van der Waals surface area (Å²) < 4.78 is 12.9. The number of carbonyl (C=O) groups excluding carboxylic acids is 2. The van der Waals surface area contributed by atoms with Gasteiger partial charge in [-0.2, -0.15) is 0 Å². The molecule has 1 aromatic carbocycles. The zero-order chi connectivity index (χ0) is 17.0. The molecule has 0 bridgehead atoms. The number of benzene rings is 1. The van der Waals surface area contributed by atoms with E-state index in [-0.39, 0.29) is 24.2 Å². The molecule has 126 valence electrons. The number of nitrogens with zero attached hydrogens (tertiary/aromatic N) is 1. The number of likely N-dealkylation sites (tertiary alicyclic amines) is 1. The maximum Gasteiger partial charge on any atom is 0.237 e. The smallest absolute Gasteiger partial charge is 0.237 e. The summed E-state index contributed by atoms with van der Waals surface area (Å²) in [6, 6.07) is 5.95. The van der Waals surface area contributed by atoms with Crippen LogP contribution in [0.25, 0.3) is 0 Å². The van der Waals surface area contributed by atoms with Crippen LogP contribution < -0.4 is 5.32 Å². The van der Waals surface area contributed by atoms with Gasteiger partial charge in [0.25, 0.3) is 0 Å². The molecule has 1 N–H and O–H groups in total. The summed E-state index contributed by atoms with van der Waals surface area (Å²) in [6.45, 7) is 7.17. The number of carbonyl (C=O) groups is 2. The molecule has 1 aliphatic rings. The number of rotatable bonds is 4. The summed E-state index contributed by atoms with van der Waals surface area (Å²) in [5.41, 5.74) is -0.300. The monoisotopic (exact) mass is 320 g/mol. The van der Waals surface area contributed by atoms with E-state index in [1.54, 1.807) is 30.9 Å². The molecule has 1 heterocycles. The van der Waals surface area contributed by atoms with Crippen LogP contribution in [0.5, 0.6) is 0 Å². The molecule has 23 heavy (non-hydrogen) atoms. The third kappa shape index (κ3) is 4.30. The largest absolute Gasteiger partial charge is 0.351 e. The van der Waals surface area contributed by atoms with Gasteiger partial charge >= 0.3 is 0 Å². The van der Waals surface area contributed by atoms with E-state index >= 15 is 0 Å². The molecule has 0 spiro atoms. The summed E-state index contributed by atoms with van der Waals surface area (Å²) in [7, 11) is 0. The van der Waals surface area contributed by atoms with Crippen molar-refractivity contribution in [1.29, 1.82) is 0 Å². The number of hydrogen-bond donors (Lipinski definition) is 1. The van der Waals surface area contributed by atoms with E-state index in [0.717, 1.165) is 24.9 Å². The highest BCUT2D eigenvalue weighted by Crippen LogP contribution is 2.24. The first-order valence-electron chi connectivity index (χ1n) is 8.13. The van der Waals surface area contributed by atoms with E-state index in [1.807, 2.05) is 0 Å². The topological polar surface area (TPSA) is 49.4 Å². The Morgan fingerprint density at radius 3 is 2.57 bits per heavy atom. The Morgan fingerprint density at radius 1 is 1.30 bits per heavy atom. The van der Waals surface area contributed by atoms with Crippen molar-refractivity contribution >= 4 is 11.8 Å². The van der Waals surface area contributed by atoms with Gasteiger partial charge < -0.3 is 10.2 Å². The lowest BCUT2D eigenvalue weighted by atomic mass is 9.88. The molecule has 0 saturated carbocycles. The Labute approximate surface area is 137 Å². The highest BCUT2D eigenvalue weighted by molar-refractivity contribution is 6.04. The molecule has 0 radical (unpaired) electrons. The predicted octanol–water partition coefficient (Wildman–Crippen LogP) is 2.73. The van der Waals surface area contributed by atoms with E-state index in [0.29, 0.717) is 12.5 Å². The lowest BCUT2D eigenvalue weighted by molar-refractivity contribution is -0.149. The van der Waals surface area contributed by atoms with Crippen LogP contribution in [0.4, 0.5) is 4.39 Å². The fourth-order valence-corrected chi connectivity index (χ4v) is 2.87. The lowest BCUT2D eigenvalue weighted by Crippen LogP contribution is -2.51. The predicted molar refractivity (Wildman–Crippen MR) is 87.0 cm³/mol. The normalized spacial score (nSPS) is 18.6. The molecule has 1 saturated heterocycles. The van der Waals surface area contributed by atoms with E-state index in [4.69, 9.17) is 0 Å². The summed E-state index contributed by atoms with van der Waals surface area (Å²) in [5.74, 6) is -0.258. The fourth-order valence-electron chi connectivity index (χ4n) is 2.87. The highest BCUT2D eigenvalue weighted by Gasteiger charge is 2.39. The van der Waals surface area contributed by atoms with E-state index in [1.165, 1.54) is 12.1 Å². The van der Waals surface area contributed by atoms with Crippen LogP contribution in [-0.4, -0.2) is 29.8 Å². The van der Waals surface area contributed by atoms with Crippen molar-refractivity contribution in [2.45, 2.75) is 40.2 Å². The number of nitrogens with one attached hydrogen (secondary N) is 1. The van der Waals surface area contributed by atoms with Crippen LogP contribution in [0.2, 0.25) is 0 Å². The summed E-state index contributed by atoms with van der Waals surface area (Å²) in [4.78, 5) is 26.9. The van der Waals surface area contributed by atoms with Crippen LogP contribution in [-0.2, 0) is 16.1 Å². The Kier molecular flexibility index (Phi) is 5.39. The second-order valence-corrected chi connectivity index (χ2v) is 6.93. The Bertz CT molecular complexity index is 569. The molecule has 2 rings (SSSR count). The first-order chi connectivity index (χ1) is 10.8. The molecule has 1 fully saturated rings. The average Bonchev–Trinajstić information content (AvgIpc) is 2.53. The zero-order valence-electron chi connectivity index (χ0n) is 14.1. The van der Waals surface area contributed by atoms with Crippen molar-refractivity contribution in [2.75, 3.05) is 13.1 Å². The minimum atomic E-state index is -1.10. The molecular formula is C18H25FN2O2. The van der Waals surface area contributed by atoms with Crippen LogP contribution in [0.1, 0.15) is 39.2 Å². The maximum absolute atomic E-state index is 12.9. The average molecular weight is 320 g/mol. The van der Waals surface area contributed by atoms with Gasteiger partial charge in [-0.1, -0.05) is 19.1 Å². The van der Waals surface area contributed by atoms with Gasteiger partial charge in [0.05, 0.1) is 0 Å². The number of amides is 2. The van der Waals surface area contributed by atoms with Crippen LogP contribution in [0.3, 0.4) is 0 Å². The van der Waals surface area contributed by atoms with Gasteiger partial charge in [0.15, 0.2) is 0 Å². The minimum Gasteiger partial charge on any atom is -0.351 e. The summed E-state index contributed by atoms with van der Waals surface area (Å²) >= 11 is 0. The van der Waals surface area contributed by atoms with Crippen molar-refractivity contribution in [3.63, 3.8) is 0 Å². The van der Waals surface area contributed by atoms with Crippen molar-refractivity contribution in [3.05, 3.63) is 35.6 Å². The van der Waals surface area contributed by atoms with E-state index in [2.05, 4.69) is 12.2 Å². The van der Waals surface area contributed by atoms with Gasteiger partial charge in [0, 0.05) is 19.6 Å². The van der Waals surface area contributed by atoms with Crippen molar-refractivity contribution < 1.29 is 14.0 Å². The SMILES string of the molecule is CC1CCCN(C(=O)C(C)(C)C(=O)NCc2ccc(F)cc2)C1. The molecule has 1 aliphatic heterocycles. The first-order valence-corrected chi connectivity index (χ1v) is 8.13. The van der Waals surface area contributed by atoms with Crippen LogP contribution in [0, 0.1) is 17.2 Å². The second kappa shape index (κ2) is 7.11. The van der Waals surface area contributed by atoms with Gasteiger partial charge in [-0.15, -0.1) is 0 Å². The third-order valence-corrected chi connectivity index (χ3v) is 4.41. The molecule has 5 heteroatoms. The standard InChI is InChI=1S/C18H25FN2O2/c1-13-5-4-10-21(12-13)17(23)18(2,3)16(22)20-11-14-6-8-15(19)9-7-14/h6-9,13H,4-5,10-12H2,1-3H3,(H,20,22). The van der Waals surface area contributed by atoms with E-state index in [9.17, 15) is 14.0 Å². The van der Waals surface area contributed by atoms with Crippen molar-refractivity contribution in [1.82, 2.24) is 10.2 Å². The number of halogens is 1. The van der Waals surface area contributed by atoms with Crippen molar-refractivity contribution in [3.8, 4) is 0 Å². The minimum absolute atomic E-state index is 0.124. The zero-order valence-corrected chi connectivity index (χ0v) is 14.1. The quantitative estimate of drug-likeness (QED) is 0.867. The van der Waals surface area contributed by atoms with Gasteiger partial charge in [0.1, 0.15) is 11.2 Å². The van der Waals surface area contributed by atoms with Gasteiger partial charge in [-0.25, -0.2) is 4.39 Å². The number of piperidine rings is 1. The molecule has 2 amide bonds. The third-order valence-electron chi connectivity index (χ3n) is 4.41. The molecular weight excluding hydrogens is 295 g/mol. The summed E-state index contributed by atoms with van der Waals surface area (Å²) in [6.07, 6.45) is 2.11. The van der Waals surface area contributed by atoms with Crippen molar-refractivity contribution in [2.24, 2.45) is 11.3 Å². The molecule has 1 unspecified atom stereocenters. The molecule has 0 aromatic heterocycles. The van der Waals surface area contributed by atoms with E-state index < -0.39 is 5.41 Å². The van der Waals surface area contributed by atoms with Crippen LogP contribution in [0.15, 0.2) is 24.3 Å². The first kappa shape index (κ1) is 17.4. The van der Waals surface area contributed by atoms with Gasteiger partial charge in [-0.3, -0.25) is 9.59 Å². The van der Waals surface area contributed by atoms with Gasteiger partial charge in [0.2, 0.25) is 11.8 Å². The lowest BCUT2D eigenvalue weighted by Gasteiger charge is -2.36. The molecule has 1 aromatic rings. The Hall–Kier alpha value is -1.91.